The molecular formula is C25H51N. The van der Waals surface area contributed by atoms with Crippen LogP contribution < -0.4 is 0 Å². The zero-order chi connectivity index (χ0) is 20.4. The minimum Gasteiger partial charge on any atom is -0.303 e. The fourth-order valence-corrected chi connectivity index (χ4v) is 7.27. The average molecular weight is 366 g/mol. The zero-order valence-corrected chi connectivity index (χ0v) is 20.3. The molecule has 0 spiro atoms. The van der Waals surface area contributed by atoms with Crippen molar-refractivity contribution in [2.75, 3.05) is 14.1 Å². The number of nitrogens with zero attached hydrogens (tertiary/aromatic N) is 1. The van der Waals surface area contributed by atoms with Gasteiger partial charge in [-0.3, -0.25) is 0 Å². The predicted octanol–water partition coefficient (Wildman–Crippen LogP) is 7.36. The number of hydrogen-bond donors (Lipinski definition) is 0. The fourth-order valence-electron chi connectivity index (χ4n) is 7.27. The Kier molecular flexibility index (Phi) is 8.28. The van der Waals surface area contributed by atoms with Gasteiger partial charge in [0.15, 0.2) is 0 Å². The van der Waals surface area contributed by atoms with Crippen molar-refractivity contribution in [3.8, 4) is 0 Å². The van der Waals surface area contributed by atoms with Crippen LogP contribution in [0.3, 0.4) is 0 Å². The first-order valence-corrected chi connectivity index (χ1v) is 11.5. The van der Waals surface area contributed by atoms with Crippen LogP contribution in [0.15, 0.2) is 0 Å². The van der Waals surface area contributed by atoms with E-state index in [9.17, 15) is 0 Å². The molecule has 1 aliphatic carbocycles. The van der Waals surface area contributed by atoms with Crippen LogP contribution in [0.4, 0.5) is 0 Å². The smallest absolute Gasteiger partial charge is 0.0267 e. The molecule has 0 heterocycles. The zero-order valence-electron chi connectivity index (χ0n) is 20.3. The molecule has 1 aliphatic rings. The third-order valence-electron chi connectivity index (χ3n) is 8.91. The van der Waals surface area contributed by atoms with Crippen LogP contribution in [0.2, 0.25) is 0 Å². The first kappa shape index (κ1) is 24.0. The van der Waals surface area contributed by atoms with Gasteiger partial charge in [0.25, 0.3) is 0 Å². The molecule has 6 unspecified atom stereocenters. The largest absolute Gasteiger partial charge is 0.303 e. The molecule has 6 atom stereocenters. The summed E-state index contributed by atoms with van der Waals surface area (Å²) in [6.07, 6.45) is 5.51. The summed E-state index contributed by atoms with van der Waals surface area (Å²) in [6, 6.07) is 0. The molecule has 1 fully saturated rings. The Bertz CT molecular complexity index is 424. The van der Waals surface area contributed by atoms with Gasteiger partial charge >= 0.3 is 0 Å². The first-order valence-electron chi connectivity index (χ1n) is 11.5. The van der Waals surface area contributed by atoms with Crippen LogP contribution in [-0.2, 0) is 0 Å². The molecule has 0 amide bonds. The summed E-state index contributed by atoms with van der Waals surface area (Å²) < 4.78 is 0. The van der Waals surface area contributed by atoms with Gasteiger partial charge in [-0.1, -0.05) is 75.2 Å². The molecule has 0 radical (unpaired) electrons. The fraction of sp³-hybridized carbons (Fsp3) is 1.00. The average Bonchev–Trinajstić information content (AvgIpc) is 2.62. The Morgan fingerprint density at radius 1 is 0.885 bits per heavy atom. The lowest BCUT2D eigenvalue weighted by atomic mass is 9.50. The van der Waals surface area contributed by atoms with E-state index in [1.807, 2.05) is 0 Å². The molecule has 1 rings (SSSR count). The molecule has 156 valence electrons. The minimum atomic E-state index is 0.216. The second kappa shape index (κ2) is 8.97. The third kappa shape index (κ3) is 3.89. The van der Waals surface area contributed by atoms with Crippen LogP contribution in [0.25, 0.3) is 0 Å². The normalized spacial score (nSPS) is 37.6. The van der Waals surface area contributed by atoms with E-state index < -0.39 is 0 Å². The first-order chi connectivity index (χ1) is 11.9. The lowest BCUT2D eigenvalue weighted by Crippen LogP contribution is -2.65. The molecule has 0 aromatic carbocycles. The van der Waals surface area contributed by atoms with Gasteiger partial charge in [-0.2, -0.15) is 0 Å². The van der Waals surface area contributed by atoms with Crippen LogP contribution >= 0.6 is 0 Å². The Morgan fingerprint density at radius 2 is 1.42 bits per heavy atom. The van der Waals surface area contributed by atoms with Crippen molar-refractivity contribution in [2.45, 2.75) is 100 Å². The maximum Gasteiger partial charge on any atom is 0.0267 e. The summed E-state index contributed by atoms with van der Waals surface area (Å²) in [5.41, 5.74) is 0.535. The molecule has 1 saturated carbocycles. The van der Waals surface area contributed by atoms with E-state index in [-0.39, 0.29) is 5.54 Å². The number of rotatable bonds is 7. The molecular weight excluding hydrogens is 314 g/mol. The van der Waals surface area contributed by atoms with Crippen molar-refractivity contribution in [1.82, 2.24) is 4.90 Å². The summed E-state index contributed by atoms with van der Waals surface area (Å²) >= 11 is 0. The standard InChI is InChI=1S/C25H51N/c1-13-14-20(8)21-15-16-22(17(2)3)24(9,19(6)7)25(10,26(11)12)23(21)18(4)5/h17-23H,13-16H2,1-12H3. The second-order valence-electron chi connectivity index (χ2n) is 11.1. The van der Waals surface area contributed by atoms with E-state index in [4.69, 9.17) is 0 Å². The van der Waals surface area contributed by atoms with E-state index in [1.54, 1.807) is 0 Å². The van der Waals surface area contributed by atoms with Gasteiger partial charge in [0.1, 0.15) is 0 Å². The molecule has 0 bridgehead atoms. The molecule has 0 aromatic heterocycles. The Labute approximate surface area is 166 Å². The molecule has 1 nitrogen and oxygen atoms in total. The van der Waals surface area contributed by atoms with Crippen LogP contribution in [0.5, 0.6) is 0 Å². The van der Waals surface area contributed by atoms with Crippen LogP contribution in [0.1, 0.15) is 94.9 Å². The highest BCUT2D eigenvalue weighted by Crippen LogP contribution is 2.61. The summed E-state index contributed by atoms with van der Waals surface area (Å²) in [6.45, 7) is 25.1. The Hall–Kier alpha value is -0.0400. The second-order valence-corrected chi connectivity index (χ2v) is 11.1. The lowest BCUT2D eigenvalue weighted by molar-refractivity contribution is -0.120. The molecule has 0 aliphatic heterocycles. The van der Waals surface area contributed by atoms with Crippen LogP contribution in [-0.4, -0.2) is 24.5 Å². The van der Waals surface area contributed by atoms with Crippen LogP contribution in [0, 0.1) is 46.8 Å². The van der Waals surface area contributed by atoms with Gasteiger partial charge in [-0.25, -0.2) is 0 Å². The summed E-state index contributed by atoms with van der Waals surface area (Å²) in [5, 5.41) is 0. The van der Waals surface area contributed by atoms with Crippen molar-refractivity contribution in [1.29, 1.82) is 0 Å². The van der Waals surface area contributed by atoms with Gasteiger partial charge < -0.3 is 4.90 Å². The SMILES string of the molecule is CCCC(C)C1CCC(C(C)C)C(C)(C(C)C)C(C)(N(C)C)C1C(C)C. The topological polar surface area (TPSA) is 3.24 Å². The number of hydrogen-bond acceptors (Lipinski definition) is 1. The van der Waals surface area contributed by atoms with Gasteiger partial charge in [0.2, 0.25) is 0 Å². The lowest BCUT2D eigenvalue weighted by Gasteiger charge is -2.62. The van der Waals surface area contributed by atoms with E-state index in [0.717, 1.165) is 35.5 Å². The summed E-state index contributed by atoms with van der Waals surface area (Å²) in [7, 11) is 4.72. The van der Waals surface area contributed by atoms with Crippen molar-refractivity contribution in [2.24, 2.45) is 46.8 Å². The summed E-state index contributed by atoms with van der Waals surface area (Å²) in [5.74, 6) is 5.34. The minimum absolute atomic E-state index is 0.216. The van der Waals surface area contributed by atoms with Gasteiger partial charge in [0, 0.05) is 5.54 Å². The molecule has 0 aromatic rings. The predicted molar refractivity (Wildman–Crippen MR) is 118 cm³/mol. The highest BCUT2D eigenvalue weighted by Gasteiger charge is 2.60. The Morgan fingerprint density at radius 3 is 1.77 bits per heavy atom. The van der Waals surface area contributed by atoms with Crippen molar-refractivity contribution >= 4 is 0 Å². The van der Waals surface area contributed by atoms with Gasteiger partial charge in [-0.15, -0.1) is 0 Å². The van der Waals surface area contributed by atoms with E-state index in [1.165, 1.54) is 25.7 Å². The molecule has 0 saturated heterocycles. The third-order valence-corrected chi connectivity index (χ3v) is 8.91. The van der Waals surface area contributed by atoms with E-state index >= 15 is 0 Å². The maximum absolute atomic E-state index is 2.64. The summed E-state index contributed by atoms with van der Waals surface area (Å²) in [4.78, 5) is 2.63. The molecule has 26 heavy (non-hydrogen) atoms. The quantitative estimate of drug-likeness (QED) is 0.426. The van der Waals surface area contributed by atoms with Crippen molar-refractivity contribution < 1.29 is 0 Å². The monoisotopic (exact) mass is 365 g/mol. The Balaban J connectivity index is 3.69. The highest BCUT2D eigenvalue weighted by atomic mass is 15.2. The van der Waals surface area contributed by atoms with E-state index in [2.05, 4.69) is 88.2 Å². The maximum atomic E-state index is 2.64. The van der Waals surface area contributed by atoms with Gasteiger partial charge in [-0.05, 0) is 80.7 Å². The molecule has 1 heteroatoms. The molecule has 0 N–H and O–H groups in total. The van der Waals surface area contributed by atoms with Crippen molar-refractivity contribution in [3.05, 3.63) is 0 Å². The highest BCUT2D eigenvalue weighted by molar-refractivity contribution is 5.12. The van der Waals surface area contributed by atoms with Crippen molar-refractivity contribution in [3.63, 3.8) is 0 Å². The van der Waals surface area contributed by atoms with Gasteiger partial charge in [0.05, 0.1) is 0 Å². The van der Waals surface area contributed by atoms with E-state index in [0.29, 0.717) is 11.3 Å².